The Hall–Kier alpha value is -2.16. The van der Waals surface area contributed by atoms with E-state index >= 15 is 0 Å². The third-order valence-electron chi connectivity index (χ3n) is 4.62. The van der Waals surface area contributed by atoms with Gasteiger partial charge in [-0.2, -0.15) is 0 Å². The van der Waals surface area contributed by atoms with Gasteiger partial charge in [0, 0.05) is 31.9 Å². The second-order valence-electron chi connectivity index (χ2n) is 6.32. The van der Waals surface area contributed by atoms with Crippen molar-refractivity contribution in [2.75, 3.05) is 6.54 Å². The predicted molar refractivity (Wildman–Crippen MR) is 92.1 cm³/mol. The quantitative estimate of drug-likeness (QED) is 0.810. The van der Waals surface area contributed by atoms with Gasteiger partial charge in [0.2, 0.25) is 5.91 Å². The van der Waals surface area contributed by atoms with Crippen LogP contribution in [0.4, 0.5) is 0 Å². The SMILES string of the molecule is CCCN(Cc1cccnc1)C(=O)CC1CCc2ccccc21. The van der Waals surface area contributed by atoms with Crippen LogP contribution >= 0.6 is 0 Å². The molecule has 3 rings (SSSR count). The van der Waals surface area contributed by atoms with Gasteiger partial charge in [-0.1, -0.05) is 37.3 Å². The summed E-state index contributed by atoms with van der Waals surface area (Å²) in [6, 6.07) is 12.5. The zero-order valence-electron chi connectivity index (χ0n) is 13.7. The molecule has 0 saturated heterocycles. The highest BCUT2D eigenvalue weighted by molar-refractivity contribution is 5.77. The molecular formula is C20H24N2O. The van der Waals surface area contributed by atoms with E-state index in [9.17, 15) is 4.79 Å². The van der Waals surface area contributed by atoms with Crippen LogP contribution < -0.4 is 0 Å². The van der Waals surface area contributed by atoms with E-state index in [1.54, 1.807) is 6.20 Å². The fraction of sp³-hybridized carbons (Fsp3) is 0.400. The number of amides is 1. The van der Waals surface area contributed by atoms with E-state index in [4.69, 9.17) is 0 Å². The number of aromatic nitrogens is 1. The molecule has 23 heavy (non-hydrogen) atoms. The van der Waals surface area contributed by atoms with Crippen molar-refractivity contribution < 1.29 is 4.79 Å². The maximum atomic E-state index is 12.8. The molecule has 1 atom stereocenters. The molecule has 0 N–H and O–H groups in total. The maximum Gasteiger partial charge on any atom is 0.223 e. The first kappa shape index (κ1) is 15.7. The summed E-state index contributed by atoms with van der Waals surface area (Å²) in [7, 11) is 0. The van der Waals surface area contributed by atoms with Crippen molar-refractivity contribution in [1.29, 1.82) is 0 Å². The summed E-state index contributed by atoms with van der Waals surface area (Å²) in [6.45, 7) is 3.59. The van der Waals surface area contributed by atoms with Crippen LogP contribution in [0, 0.1) is 0 Å². The smallest absolute Gasteiger partial charge is 0.223 e. The molecule has 0 spiro atoms. The molecule has 120 valence electrons. The standard InChI is InChI=1S/C20H24N2O/c1-2-12-22(15-16-6-5-11-21-14-16)20(23)13-18-10-9-17-7-3-4-8-19(17)18/h3-8,11,14,18H,2,9-10,12-13,15H2,1H3. The molecule has 1 aliphatic rings. The van der Waals surface area contributed by atoms with Crippen LogP contribution in [0.2, 0.25) is 0 Å². The predicted octanol–water partition coefficient (Wildman–Crippen LogP) is 3.94. The number of hydrogen-bond donors (Lipinski definition) is 0. The fourth-order valence-electron chi connectivity index (χ4n) is 3.47. The van der Waals surface area contributed by atoms with Gasteiger partial charge in [0.15, 0.2) is 0 Å². The number of pyridine rings is 1. The Morgan fingerprint density at radius 2 is 2.13 bits per heavy atom. The van der Waals surface area contributed by atoms with E-state index in [1.165, 1.54) is 11.1 Å². The first-order valence-corrected chi connectivity index (χ1v) is 8.52. The van der Waals surface area contributed by atoms with Gasteiger partial charge in [0.25, 0.3) is 0 Å². The first-order chi connectivity index (χ1) is 11.3. The number of fused-ring (bicyclic) bond motifs is 1. The van der Waals surface area contributed by atoms with Crippen LogP contribution in [0.25, 0.3) is 0 Å². The monoisotopic (exact) mass is 308 g/mol. The van der Waals surface area contributed by atoms with E-state index in [1.807, 2.05) is 23.2 Å². The number of aryl methyl sites for hydroxylation is 1. The minimum Gasteiger partial charge on any atom is -0.338 e. The van der Waals surface area contributed by atoms with Crippen molar-refractivity contribution in [3.05, 3.63) is 65.5 Å². The Morgan fingerprint density at radius 3 is 2.91 bits per heavy atom. The number of benzene rings is 1. The van der Waals surface area contributed by atoms with E-state index in [0.717, 1.165) is 31.4 Å². The minimum absolute atomic E-state index is 0.261. The third-order valence-corrected chi connectivity index (χ3v) is 4.62. The number of carbonyl (C=O) groups excluding carboxylic acids is 1. The van der Waals surface area contributed by atoms with E-state index < -0.39 is 0 Å². The summed E-state index contributed by atoms with van der Waals surface area (Å²) in [4.78, 5) is 18.9. The Kier molecular flexibility index (Phi) is 5.06. The summed E-state index contributed by atoms with van der Waals surface area (Å²) in [5.74, 6) is 0.643. The van der Waals surface area contributed by atoms with Crippen LogP contribution in [-0.4, -0.2) is 22.3 Å². The van der Waals surface area contributed by atoms with Crippen molar-refractivity contribution in [2.45, 2.75) is 45.1 Å². The highest BCUT2D eigenvalue weighted by atomic mass is 16.2. The van der Waals surface area contributed by atoms with Crippen molar-refractivity contribution in [3.63, 3.8) is 0 Å². The number of carbonyl (C=O) groups is 1. The molecule has 0 saturated carbocycles. The lowest BCUT2D eigenvalue weighted by atomic mass is 9.97. The summed E-state index contributed by atoms with van der Waals surface area (Å²) >= 11 is 0. The molecule has 0 radical (unpaired) electrons. The first-order valence-electron chi connectivity index (χ1n) is 8.52. The molecule has 1 aromatic carbocycles. The van der Waals surface area contributed by atoms with Gasteiger partial charge in [-0.15, -0.1) is 0 Å². The molecule has 1 amide bonds. The Balaban J connectivity index is 1.67. The average Bonchev–Trinajstić information content (AvgIpc) is 2.99. The second-order valence-corrected chi connectivity index (χ2v) is 6.32. The Bertz CT molecular complexity index is 654. The van der Waals surface area contributed by atoms with E-state index in [0.29, 0.717) is 18.9 Å². The number of rotatable bonds is 6. The van der Waals surface area contributed by atoms with Gasteiger partial charge in [-0.3, -0.25) is 9.78 Å². The van der Waals surface area contributed by atoms with Crippen molar-refractivity contribution >= 4 is 5.91 Å². The molecule has 1 aliphatic carbocycles. The normalized spacial score (nSPS) is 16.1. The fourth-order valence-corrected chi connectivity index (χ4v) is 3.47. The molecule has 0 fully saturated rings. The zero-order valence-corrected chi connectivity index (χ0v) is 13.7. The van der Waals surface area contributed by atoms with Crippen LogP contribution in [0.1, 0.15) is 48.8 Å². The van der Waals surface area contributed by atoms with Gasteiger partial charge in [0.1, 0.15) is 0 Å². The number of hydrogen-bond acceptors (Lipinski definition) is 2. The van der Waals surface area contributed by atoms with Crippen molar-refractivity contribution in [2.24, 2.45) is 0 Å². The summed E-state index contributed by atoms with van der Waals surface area (Å²) in [6.07, 6.45) is 7.42. The number of nitrogens with zero attached hydrogens (tertiary/aromatic N) is 2. The van der Waals surface area contributed by atoms with Crippen LogP contribution in [0.15, 0.2) is 48.8 Å². The zero-order chi connectivity index (χ0) is 16.1. The lowest BCUT2D eigenvalue weighted by Crippen LogP contribution is -2.32. The van der Waals surface area contributed by atoms with E-state index in [2.05, 4.69) is 36.2 Å². The molecular weight excluding hydrogens is 284 g/mol. The summed E-state index contributed by atoms with van der Waals surface area (Å²) in [5, 5.41) is 0. The molecule has 3 heteroatoms. The van der Waals surface area contributed by atoms with Gasteiger partial charge < -0.3 is 4.90 Å². The topological polar surface area (TPSA) is 33.2 Å². The van der Waals surface area contributed by atoms with Crippen LogP contribution in [0.3, 0.4) is 0 Å². The van der Waals surface area contributed by atoms with Crippen molar-refractivity contribution in [1.82, 2.24) is 9.88 Å². The van der Waals surface area contributed by atoms with Gasteiger partial charge >= 0.3 is 0 Å². The average molecular weight is 308 g/mol. The van der Waals surface area contributed by atoms with Gasteiger partial charge in [-0.05, 0) is 47.9 Å². The Labute approximate surface area is 138 Å². The minimum atomic E-state index is 0.261. The van der Waals surface area contributed by atoms with Gasteiger partial charge in [-0.25, -0.2) is 0 Å². The highest BCUT2D eigenvalue weighted by Crippen LogP contribution is 2.35. The molecule has 1 heterocycles. The van der Waals surface area contributed by atoms with Crippen LogP contribution in [-0.2, 0) is 17.8 Å². The highest BCUT2D eigenvalue weighted by Gasteiger charge is 2.26. The van der Waals surface area contributed by atoms with E-state index in [-0.39, 0.29) is 5.91 Å². The van der Waals surface area contributed by atoms with Gasteiger partial charge in [0.05, 0.1) is 0 Å². The third kappa shape index (κ3) is 3.79. The van der Waals surface area contributed by atoms with Crippen LogP contribution in [0.5, 0.6) is 0 Å². The lowest BCUT2D eigenvalue weighted by Gasteiger charge is -2.24. The van der Waals surface area contributed by atoms with Crippen molar-refractivity contribution in [3.8, 4) is 0 Å². The largest absolute Gasteiger partial charge is 0.338 e. The lowest BCUT2D eigenvalue weighted by molar-refractivity contribution is -0.132. The molecule has 2 aromatic rings. The summed E-state index contributed by atoms with van der Waals surface area (Å²) < 4.78 is 0. The molecule has 0 bridgehead atoms. The molecule has 3 nitrogen and oxygen atoms in total. The molecule has 1 unspecified atom stereocenters. The molecule has 0 aliphatic heterocycles. The second kappa shape index (κ2) is 7.40. The Morgan fingerprint density at radius 1 is 1.26 bits per heavy atom. The molecule has 1 aromatic heterocycles. The summed E-state index contributed by atoms with van der Waals surface area (Å²) in [5.41, 5.74) is 3.89. The maximum absolute atomic E-state index is 12.8.